The third kappa shape index (κ3) is 3.95. The molecule has 3 N–H and O–H groups in total. The smallest absolute Gasteiger partial charge is 0.412 e. The standard InChI is InChI=1S/C16H20ClNO5/c1-15(2,3)23-14(22)18-11-8-9(17)4-5-10(11)16(6-7-16)12(19)13(20)21/h4-5,8,12,19H,6-7H2,1-3H3,(H,18,22)(H,20,21). The summed E-state index contributed by atoms with van der Waals surface area (Å²) in [7, 11) is 0. The molecular formula is C16H20ClNO5. The van der Waals surface area contributed by atoms with Gasteiger partial charge in [0.15, 0.2) is 6.10 Å². The average molecular weight is 342 g/mol. The van der Waals surface area contributed by atoms with Crippen LogP contribution in [0.1, 0.15) is 39.2 Å². The van der Waals surface area contributed by atoms with Gasteiger partial charge in [-0.15, -0.1) is 0 Å². The van der Waals surface area contributed by atoms with Crippen LogP contribution in [0.25, 0.3) is 0 Å². The molecule has 0 heterocycles. The molecule has 126 valence electrons. The third-order valence-corrected chi connectivity index (χ3v) is 3.93. The van der Waals surface area contributed by atoms with Crippen LogP contribution in [0, 0.1) is 0 Å². The Kier molecular flexibility index (Phi) is 4.59. The summed E-state index contributed by atoms with van der Waals surface area (Å²) >= 11 is 5.98. The molecule has 0 aromatic heterocycles. The van der Waals surface area contributed by atoms with Crippen molar-refractivity contribution in [1.82, 2.24) is 0 Å². The summed E-state index contributed by atoms with van der Waals surface area (Å²) in [6.07, 6.45) is -1.17. The topological polar surface area (TPSA) is 95.9 Å². The van der Waals surface area contributed by atoms with Gasteiger partial charge in [-0.3, -0.25) is 5.32 Å². The molecule has 6 nitrogen and oxygen atoms in total. The number of aliphatic carboxylic acids is 1. The molecule has 0 spiro atoms. The summed E-state index contributed by atoms with van der Waals surface area (Å²) in [6.45, 7) is 5.21. The van der Waals surface area contributed by atoms with Crippen molar-refractivity contribution < 1.29 is 24.5 Å². The third-order valence-electron chi connectivity index (χ3n) is 3.70. The molecule has 2 rings (SSSR count). The number of amides is 1. The fourth-order valence-electron chi connectivity index (χ4n) is 2.53. The molecule has 1 unspecified atom stereocenters. The Morgan fingerprint density at radius 3 is 2.43 bits per heavy atom. The minimum Gasteiger partial charge on any atom is -0.479 e. The number of carbonyl (C=O) groups excluding carboxylic acids is 1. The van der Waals surface area contributed by atoms with Crippen molar-refractivity contribution in [1.29, 1.82) is 0 Å². The summed E-state index contributed by atoms with van der Waals surface area (Å²) in [6, 6.07) is 4.76. The zero-order chi connectivity index (χ0) is 17.4. The minimum atomic E-state index is -1.54. The number of aliphatic hydroxyl groups is 1. The Hall–Kier alpha value is -1.79. The van der Waals surface area contributed by atoms with Crippen molar-refractivity contribution in [3.8, 4) is 0 Å². The van der Waals surface area contributed by atoms with Gasteiger partial charge in [-0.05, 0) is 51.3 Å². The maximum Gasteiger partial charge on any atom is 0.412 e. The lowest BCUT2D eigenvalue weighted by Crippen LogP contribution is -2.35. The monoisotopic (exact) mass is 341 g/mol. The zero-order valence-electron chi connectivity index (χ0n) is 13.2. The first kappa shape index (κ1) is 17.6. The highest BCUT2D eigenvalue weighted by Gasteiger charge is 2.54. The second-order valence-electron chi connectivity index (χ2n) is 6.71. The fourth-order valence-corrected chi connectivity index (χ4v) is 2.70. The molecule has 1 aliphatic carbocycles. The van der Waals surface area contributed by atoms with E-state index in [0.717, 1.165) is 0 Å². The van der Waals surface area contributed by atoms with Gasteiger partial charge in [0, 0.05) is 16.1 Å². The quantitative estimate of drug-likeness (QED) is 0.781. The van der Waals surface area contributed by atoms with Crippen LogP contribution in [0.15, 0.2) is 18.2 Å². The number of aliphatic hydroxyl groups excluding tert-OH is 1. The maximum absolute atomic E-state index is 12.0. The van der Waals surface area contributed by atoms with Gasteiger partial charge in [0.1, 0.15) is 5.60 Å². The predicted molar refractivity (Wildman–Crippen MR) is 85.9 cm³/mol. The second kappa shape index (κ2) is 6.02. The molecule has 1 fully saturated rings. The van der Waals surface area contributed by atoms with Gasteiger partial charge in [-0.25, -0.2) is 9.59 Å². The van der Waals surface area contributed by atoms with Gasteiger partial charge in [-0.2, -0.15) is 0 Å². The molecule has 1 amide bonds. The van der Waals surface area contributed by atoms with Crippen LogP contribution in [0.5, 0.6) is 0 Å². The van der Waals surface area contributed by atoms with Gasteiger partial charge in [0.2, 0.25) is 0 Å². The lowest BCUT2D eigenvalue weighted by Gasteiger charge is -2.24. The first-order valence-electron chi connectivity index (χ1n) is 7.26. The van der Waals surface area contributed by atoms with Gasteiger partial charge in [0.05, 0.1) is 0 Å². The normalized spacial score (nSPS) is 17.3. The van der Waals surface area contributed by atoms with Crippen LogP contribution in [0.2, 0.25) is 5.02 Å². The van der Waals surface area contributed by atoms with Crippen LogP contribution in [0.3, 0.4) is 0 Å². The Morgan fingerprint density at radius 2 is 1.96 bits per heavy atom. The number of ether oxygens (including phenoxy) is 1. The average Bonchev–Trinajstić information content (AvgIpc) is 3.16. The van der Waals surface area contributed by atoms with Crippen molar-refractivity contribution >= 4 is 29.4 Å². The Labute approximate surface area is 139 Å². The fraction of sp³-hybridized carbons (Fsp3) is 0.500. The summed E-state index contributed by atoms with van der Waals surface area (Å²) in [5.74, 6) is -1.29. The number of halogens is 1. The molecular weight excluding hydrogens is 322 g/mol. The molecule has 0 bridgehead atoms. The van der Waals surface area contributed by atoms with Crippen LogP contribution >= 0.6 is 11.6 Å². The number of carboxylic acid groups (broad SMARTS) is 1. The number of carbonyl (C=O) groups is 2. The van der Waals surface area contributed by atoms with Gasteiger partial charge in [0.25, 0.3) is 0 Å². The minimum absolute atomic E-state index is 0.351. The molecule has 1 atom stereocenters. The Bertz CT molecular complexity index is 634. The first-order valence-corrected chi connectivity index (χ1v) is 7.64. The lowest BCUT2D eigenvalue weighted by atomic mass is 9.88. The number of rotatable bonds is 4. The molecule has 23 heavy (non-hydrogen) atoms. The highest BCUT2D eigenvalue weighted by molar-refractivity contribution is 6.31. The van der Waals surface area contributed by atoms with Crippen molar-refractivity contribution in [2.24, 2.45) is 0 Å². The molecule has 0 saturated heterocycles. The number of nitrogens with one attached hydrogen (secondary N) is 1. The summed E-state index contributed by atoms with van der Waals surface area (Å²) in [4.78, 5) is 23.1. The first-order chi connectivity index (χ1) is 10.5. The number of benzene rings is 1. The van der Waals surface area contributed by atoms with Crippen LogP contribution in [0.4, 0.5) is 10.5 Å². The van der Waals surface area contributed by atoms with Gasteiger partial charge >= 0.3 is 12.1 Å². The molecule has 7 heteroatoms. The van der Waals surface area contributed by atoms with Crippen LogP contribution < -0.4 is 5.32 Å². The van der Waals surface area contributed by atoms with E-state index in [1.54, 1.807) is 32.9 Å². The summed E-state index contributed by atoms with van der Waals surface area (Å²) < 4.78 is 5.21. The van der Waals surface area contributed by atoms with Crippen molar-refractivity contribution in [3.05, 3.63) is 28.8 Å². The van der Waals surface area contributed by atoms with Crippen molar-refractivity contribution in [3.63, 3.8) is 0 Å². The van der Waals surface area contributed by atoms with E-state index in [4.69, 9.17) is 21.4 Å². The summed E-state index contributed by atoms with van der Waals surface area (Å²) in [5, 5.41) is 22.1. The number of hydrogen-bond acceptors (Lipinski definition) is 4. The van der Waals surface area contributed by atoms with Gasteiger partial charge in [-0.1, -0.05) is 17.7 Å². The molecule has 1 aliphatic rings. The summed E-state index contributed by atoms with van der Waals surface area (Å²) in [5.41, 5.74) is -0.672. The van der Waals surface area contributed by atoms with Crippen molar-refractivity contribution in [2.45, 2.75) is 50.7 Å². The molecule has 0 aliphatic heterocycles. The SMILES string of the molecule is CC(C)(C)OC(=O)Nc1cc(Cl)ccc1C1(C(O)C(=O)O)CC1. The van der Waals surface area contributed by atoms with E-state index >= 15 is 0 Å². The highest BCUT2D eigenvalue weighted by Crippen LogP contribution is 2.53. The van der Waals surface area contributed by atoms with Crippen LogP contribution in [-0.4, -0.2) is 34.0 Å². The van der Waals surface area contributed by atoms with E-state index < -0.39 is 29.2 Å². The number of hydrogen-bond donors (Lipinski definition) is 3. The van der Waals surface area contributed by atoms with E-state index in [1.807, 2.05) is 0 Å². The van der Waals surface area contributed by atoms with E-state index in [0.29, 0.717) is 29.1 Å². The molecule has 1 saturated carbocycles. The second-order valence-corrected chi connectivity index (χ2v) is 7.15. The lowest BCUT2D eigenvalue weighted by molar-refractivity contribution is -0.148. The van der Waals surface area contributed by atoms with Crippen molar-refractivity contribution in [2.75, 3.05) is 5.32 Å². The van der Waals surface area contributed by atoms with Gasteiger partial charge < -0.3 is 14.9 Å². The Balaban J connectivity index is 2.32. The molecule has 0 radical (unpaired) electrons. The largest absolute Gasteiger partial charge is 0.479 e. The molecule has 1 aromatic carbocycles. The maximum atomic E-state index is 12.0. The highest BCUT2D eigenvalue weighted by atomic mass is 35.5. The number of anilines is 1. The van der Waals surface area contributed by atoms with E-state index in [2.05, 4.69) is 5.32 Å². The number of carboxylic acids is 1. The Morgan fingerprint density at radius 1 is 1.35 bits per heavy atom. The van der Waals surface area contributed by atoms with E-state index in [-0.39, 0.29) is 0 Å². The van der Waals surface area contributed by atoms with Crippen LogP contribution in [-0.2, 0) is 14.9 Å². The predicted octanol–water partition coefficient (Wildman–Crippen LogP) is 3.16. The van der Waals surface area contributed by atoms with E-state index in [9.17, 15) is 14.7 Å². The zero-order valence-corrected chi connectivity index (χ0v) is 14.0. The molecule has 1 aromatic rings. The van der Waals surface area contributed by atoms with E-state index in [1.165, 1.54) is 6.07 Å².